The Morgan fingerprint density at radius 2 is 1.65 bits per heavy atom. The average Bonchev–Trinajstić information content (AvgIpc) is 3.03. The Kier molecular flexibility index (Phi) is 5.29. The zero-order valence-corrected chi connectivity index (χ0v) is 14.6. The lowest BCUT2D eigenvalue weighted by Gasteiger charge is -2.12. The SMILES string of the molecule is C[NH+](Cc1ccc(C(F)(F)F)cc1)Cc1nc(-c2ccc(Cl)cc2)no1. The Hall–Kier alpha value is -2.38. The zero-order valence-electron chi connectivity index (χ0n) is 13.8. The Morgan fingerprint density at radius 3 is 2.27 bits per heavy atom. The van der Waals surface area contributed by atoms with Gasteiger partial charge in [-0.2, -0.15) is 18.2 Å². The molecule has 1 atom stereocenters. The molecule has 0 amide bonds. The fraction of sp³-hybridized carbons (Fsp3) is 0.222. The van der Waals surface area contributed by atoms with E-state index in [1.165, 1.54) is 12.1 Å². The van der Waals surface area contributed by atoms with E-state index in [4.69, 9.17) is 16.1 Å². The number of aromatic nitrogens is 2. The summed E-state index contributed by atoms with van der Waals surface area (Å²) in [6, 6.07) is 12.2. The van der Waals surface area contributed by atoms with Crippen molar-refractivity contribution in [2.75, 3.05) is 7.05 Å². The maximum atomic E-state index is 12.6. The molecule has 8 heteroatoms. The van der Waals surface area contributed by atoms with E-state index in [1.807, 2.05) is 7.05 Å². The van der Waals surface area contributed by atoms with Gasteiger partial charge < -0.3 is 9.42 Å². The predicted molar refractivity (Wildman–Crippen MR) is 90.5 cm³/mol. The van der Waals surface area contributed by atoms with Crippen molar-refractivity contribution in [2.24, 2.45) is 0 Å². The second kappa shape index (κ2) is 7.47. The Labute approximate surface area is 153 Å². The third kappa shape index (κ3) is 4.62. The minimum atomic E-state index is -4.32. The van der Waals surface area contributed by atoms with Crippen LogP contribution in [0.2, 0.25) is 5.02 Å². The Balaban J connectivity index is 1.61. The molecule has 1 heterocycles. The molecule has 0 radical (unpaired) electrons. The summed E-state index contributed by atoms with van der Waals surface area (Å²) in [7, 11) is 1.91. The largest absolute Gasteiger partial charge is 0.416 e. The number of nitrogens with zero attached hydrogens (tertiary/aromatic N) is 2. The van der Waals surface area contributed by atoms with E-state index in [-0.39, 0.29) is 0 Å². The first-order valence-electron chi connectivity index (χ1n) is 7.87. The summed E-state index contributed by atoms with van der Waals surface area (Å²) in [5.74, 6) is 0.929. The third-order valence-corrected chi connectivity index (χ3v) is 4.06. The molecule has 3 rings (SSSR count). The molecule has 0 fully saturated rings. The number of alkyl halides is 3. The second-order valence-electron chi connectivity index (χ2n) is 6.02. The van der Waals surface area contributed by atoms with Crippen molar-refractivity contribution in [3.63, 3.8) is 0 Å². The van der Waals surface area contributed by atoms with Gasteiger partial charge in [-0.1, -0.05) is 28.9 Å². The van der Waals surface area contributed by atoms with Gasteiger partial charge in [-0.15, -0.1) is 0 Å². The lowest BCUT2D eigenvalue weighted by Crippen LogP contribution is -3.06. The van der Waals surface area contributed by atoms with Crippen LogP contribution in [0.3, 0.4) is 0 Å². The lowest BCUT2D eigenvalue weighted by molar-refractivity contribution is -0.909. The molecule has 1 unspecified atom stereocenters. The molecule has 0 aliphatic rings. The minimum Gasteiger partial charge on any atom is -0.333 e. The van der Waals surface area contributed by atoms with Crippen molar-refractivity contribution < 1.29 is 22.6 Å². The second-order valence-corrected chi connectivity index (χ2v) is 6.46. The number of hydrogen-bond donors (Lipinski definition) is 1. The maximum Gasteiger partial charge on any atom is 0.416 e. The monoisotopic (exact) mass is 382 g/mol. The summed E-state index contributed by atoms with van der Waals surface area (Å²) in [6.45, 7) is 0.998. The van der Waals surface area contributed by atoms with Gasteiger partial charge in [0.15, 0.2) is 6.54 Å². The normalized spacial score (nSPS) is 13.0. The van der Waals surface area contributed by atoms with Crippen LogP contribution in [0, 0.1) is 0 Å². The fourth-order valence-corrected chi connectivity index (χ4v) is 2.65. The molecule has 3 aromatic rings. The van der Waals surface area contributed by atoms with Crippen molar-refractivity contribution in [1.29, 1.82) is 0 Å². The van der Waals surface area contributed by atoms with Crippen molar-refractivity contribution in [1.82, 2.24) is 10.1 Å². The van der Waals surface area contributed by atoms with Gasteiger partial charge in [0.1, 0.15) is 6.54 Å². The highest BCUT2D eigenvalue weighted by Gasteiger charge is 2.30. The zero-order chi connectivity index (χ0) is 18.7. The topological polar surface area (TPSA) is 43.4 Å². The van der Waals surface area contributed by atoms with Crippen molar-refractivity contribution in [3.05, 3.63) is 70.6 Å². The van der Waals surface area contributed by atoms with Crippen LogP contribution in [0.1, 0.15) is 17.0 Å². The molecule has 0 aliphatic carbocycles. The molecular formula is C18H16ClF3N3O+. The quantitative estimate of drug-likeness (QED) is 0.733. The number of rotatable bonds is 5. The number of nitrogens with one attached hydrogen (secondary N) is 1. The van der Waals surface area contributed by atoms with E-state index < -0.39 is 11.7 Å². The highest BCUT2D eigenvalue weighted by atomic mass is 35.5. The lowest BCUT2D eigenvalue weighted by atomic mass is 10.1. The van der Waals surface area contributed by atoms with Crippen LogP contribution in [0.25, 0.3) is 11.4 Å². The number of quaternary nitrogens is 1. The maximum absolute atomic E-state index is 12.6. The molecule has 0 saturated heterocycles. The van der Waals surface area contributed by atoms with Gasteiger partial charge in [-0.25, -0.2) is 0 Å². The van der Waals surface area contributed by atoms with Crippen LogP contribution in [-0.4, -0.2) is 17.2 Å². The molecule has 0 aliphatic heterocycles. The van der Waals surface area contributed by atoms with Crippen LogP contribution >= 0.6 is 11.6 Å². The van der Waals surface area contributed by atoms with Crippen LogP contribution < -0.4 is 4.90 Å². The highest BCUT2D eigenvalue weighted by Crippen LogP contribution is 2.29. The number of benzene rings is 2. The van der Waals surface area contributed by atoms with E-state index in [2.05, 4.69) is 10.1 Å². The van der Waals surface area contributed by atoms with E-state index in [0.717, 1.165) is 28.2 Å². The molecule has 0 spiro atoms. The predicted octanol–water partition coefficient (Wildman–Crippen LogP) is 3.62. The fourth-order valence-electron chi connectivity index (χ4n) is 2.52. The first kappa shape index (κ1) is 18.4. The molecule has 2 aromatic carbocycles. The van der Waals surface area contributed by atoms with Crippen molar-refractivity contribution in [2.45, 2.75) is 19.3 Å². The van der Waals surface area contributed by atoms with E-state index in [0.29, 0.717) is 29.8 Å². The molecular weight excluding hydrogens is 367 g/mol. The van der Waals surface area contributed by atoms with Crippen LogP contribution in [0.15, 0.2) is 53.1 Å². The molecule has 0 saturated carbocycles. The summed E-state index contributed by atoms with van der Waals surface area (Å²) in [4.78, 5) is 5.36. The molecule has 26 heavy (non-hydrogen) atoms. The number of hydrogen-bond acceptors (Lipinski definition) is 3. The average molecular weight is 383 g/mol. The van der Waals surface area contributed by atoms with Gasteiger partial charge in [0.25, 0.3) is 5.89 Å². The minimum absolute atomic E-state index is 0.458. The standard InChI is InChI=1S/C18H15ClF3N3O/c1-25(10-12-2-6-14(7-3-12)18(20,21)22)11-16-23-17(24-26-16)13-4-8-15(19)9-5-13/h2-9H,10-11H2,1H3/p+1. The van der Waals surface area contributed by atoms with Gasteiger partial charge in [0, 0.05) is 16.1 Å². The molecule has 1 aromatic heterocycles. The molecule has 0 bridgehead atoms. The molecule has 1 N–H and O–H groups in total. The molecule has 136 valence electrons. The van der Waals surface area contributed by atoms with Gasteiger partial charge >= 0.3 is 6.18 Å². The summed E-state index contributed by atoms with van der Waals surface area (Å²) >= 11 is 5.85. The highest BCUT2D eigenvalue weighted by molar-refractivity contribution is 6.30. The third-order valence-electron chi connectivity index (χ3n) is 3.81. The summed E-state index contributed by atoms with van der Waals surface area (Å²) in [5.41, 5.74) is 0.946. The van der Waals surface area contributed by atoms with Crippen molar-refractivity contribution in [3.8, 4) is 11.4 Å². The van der Waals surface area contributed by atoms with Crippen LogP contribution in [-0.2, 0) is 19.3 Å². The number of halogens is 4. The van der Waals surface area contributed by atoms with Gasteiger partial charge in [-0.3, -0.25) is 0 Å². The smallest absolute Gasteiger partial charge is 0.333 e. The first-order valence-corrected chi connectivity index (χ1v) is 8.25. The van der Waals surface area contributed by atoms with E-state index >= 15 is 0 Å². The van der Waals surface area contributed by atoms with Crippen LogP contribution in [0.5, 0.6) is 0 Å². The summed E-state index contributed by atoms with van der Waals surface area (Å²) in [5, 5.41) is 4.57. The van der Waals surface area contributed by atoms with E-state index in [9.17, 15) is 13.2 Å². The van der Waals surface area contributed by atoms with Gasteiger partial charge in [0.2, 0.25) is 5.82 Å². The summed E-state index contributed by atoms with van der Waals surface area (Å²) < 4.78 is 43.0. The first-order chi connectivity index (χ1) is 12.3. The van der Waals surface area contributed by atoms with Crippen molar-refractivity contribution >= 4 is 11.6 Å². The van der Waals surface area contributed by atoms with Gasteiger partial charge in [0.05, 0.1) is 12.6 Å². The van der Waals surface area contributed by atoms with Gasteiger partial charge in [-0.05, 0) is 36.4 Å². The molecule has 4 nitrogen and oxygen atoms in total. The van der Waals surface area contributed by atoms with E-state index in [1.54, 1.807) is 24.3 Å². The van der Waals surface area contributed by atoms with Crippen LogP contribution in [0.4, 0.5) is 13.2 Å². The summed E-state index contributed by atoms with van der Waals surface area (Å²) in [6.07, 6.45) is -4.32. The Morgan fingerprint density at radius 1 is 1.00 bits per heavy atom. The Bertz CT molecular complexity index is 861.